The highest BCUT2D eigenvalue weighted by Crippen LogP contribution is 2.34. The lowest BCUT2D eigenvalue weighted by Gasteiger charge is -2.17. The Morgan fingerprint density at radius 3 is 2.80 bits per heavy atom. The molecule has 156 valence electrons. The van der Waals surface area contributed by atoms with E-state index in [9.17, 15) is 9.59 Å². The molecule has 30 heavy (non-hydrogen) atoms. The molecule has 1 unspecified atom stereocenters. The number of rotatable bonds is 4. The van der Waals surface area contributed by atoms with Gasteiger partial charge in [0.2, 0.25) is 0 Å². The van der Waals surface area contributed by atoms with Gasteiger partial charge in [-0.15, -0.1) is 16.4 Å². The van der Waals surface area contributed by atoms with Gasteiger partial charge in [0.1, 0.15) is 16.3 Å². The van der Waals surface area contributed by atoms with Crippen LogP contribution in [0.1, 0.15) is 32.9 Å². The van der Waals surface area contributed by atoms with Crippen LogP contribution in [0.4, 0.5) is 10.5 Å². The molecule has 1 saturated heterocycles. The van der Waals surface area contributed by atoms with Crippen molar-refractivity contribution in [2.24, 2.45) is 0 Å². The molecule has 2 amide bonds. The predicted octanol–water partition coefficient (Wildman–Crippen LogP) is 3.03. The number of carbonyl (C=O) groups is 2. The van der Waals surface area contributed by atoms with E-state index in [0.29, 0.717) is 34.9 Å². The number of nitrogens with two attached hydrogens (primary N) is 1. The van der Waals surface area contributed by atoms with Crippen LogP contribution >= 0.6 is 11.3 Å². The minimum atomic E-state index is -0.377. The van der Waals surface area contributed by atoms with Gasteiger partial charge >= 0.3 is 6.09 Å². The zero-order valence-corrected chi connectivity index (χ0v) is 17.7. The van der Waals surface area contributed by atoms with E-state index >= 15 is 0 Å². The number of aryl methyl sites for hydroxylation is 2. The Morgan fingerprint density at radius 1 is 1.27 bits per heavy atom. The smallest absolute Gasteiger partial charge is 0.410 e. The van der Waals surface area contributed by atoms with Gasteiger partial charge in [-0.25, -0.2) is 4.79 Å². The lowest BCUT2D eigenvalue weighted by molar-refractivity contribution is 0.0926. The molecule has 3 aromatic rings. The first kappa shape index (κ1) is 20.1. The summed E-state index contributed by atoms with van der Waals surface area (Å²) >= 11 is 1.24. The molecule has 1 aliphatic rings. The maximum absolute atomic E-state index is 12.8. The molecule has 0 radical (unpaired) electrons. The number of hydrogen-bond donors (Lipinski definition) is 2. The number of amides is 2. The molecule has 4 rings (SSSR count). The monoisotopic (exact) mass is 425 g/mol. The topological polar surface area (TPSA) is 110 Å². The number of fused-ring (bicyclic) bond motifs is 1. The van der Waals surface area contributed by atoms with Gasteiger partial charge < -0.3 is 20.7 Å². The van der Waals surface area contributed by atoms with E-state index in [2.05, 4.69) is 15.5 Å². The van der Waals surface area contributed by atoms with Crippen molar-refractivity contribution in [2.45, 2.75) is 32.9 Å². The van der Waals surface area contributed by atoms with Crippen molar-refractivity contribution in [3.05, 3.63) is 52.0 Å². The first-order chi connectivity index (χ1) is 14.4. The summed E-state index contributed by atoms with van der Waals surface area (Å²) in [5.41, 5.74) is 9.34. The van der Waals surface area contributed by atoms with E-state index in [-0.39, 0.29) is 24.6 Å². The standard InChI is InChI=1S/C21H23N5O3S/c1-12-13(2)24-25-20-16(12)17(22)18(30-20)19(27)23-15-8-9-26(10-15)21(28)29-11-14-6-4-3-5-7-14/h3-7,15H,8-11,22H2,1-2H3,(H,23,27). The van der Waals surface area contributed by atoms with Crippen molar-refractivity contribution in [1.82, 2.24) is 20.4 Å². The summed E-state index contributed by atoms with van der Waals surface area (Å²) in [6, 6.07) is 9.38. The molecule has 0 saturated carbocycles. The zero-order chi connectivity index (χ0) is 21.3. The van der Waals surface area contributed by atoms with Crippen LogP contribution in [0.25, 0.3) is 10.2 Å². The molecule has 1 aromatic carbocycles. The average Bonchev–Trinajstić information content (AvgIpc) is 3.34. The highest BCUT2D eigenvalue weighted by atomic mass is 32.1. The van der Waals surface area contributed by atoms with Gasteiger partial charge in [0.05, 0.1) is 11.4 Å². The van der Waals surface area contributed by atoms with Crippen molar-refractivity contribution < 1.29 is 14.3 Å². The van der Waals surface area contributed by atoms with Crippen LogP contribution in [0.3, 0.4) is 0 Å². The third-order valence-electron chi connectivity index (χ3n) is 5.33. The fourth-order valence-corrected chi connectivity index (χ4v) is 4.52. The minimum Gasteiger partial charge on any atom is -0.445 e. The highest BCUT2D eigenvalue weighted by molar-refractivity contribution is 7.21. The molecular formula is C21H23N5O3S. The number of nitrogens with one attached hydrogen (secondary N) is 1. The predicted molar refractivity (Wildman–Crippen MR) is 115 cm³/mol. The lowest BCUT2D eigenvalue weighted by atomic mass is 10.1. The maximum Gasteiger partial charge on any atom is 0.410 e. The quantitative estimate of drug-likeness (QED) is 0.665. The van der Waals surface area contributed by atoms with Gasteiger partial charge in [0.25, 0.3) is 5.91 Å². The van der Waals surface area contributed by atoms with E-state index in [1.54, 1.807) is 4.90 Å². The maximum atomic E-state index is 12.8. The largest absolute Gasteiger partial charge is 0.445 e. The summed E-state index contributed by atoms with van der Waals surface area (Å²) in [6.07, 6.45) is 0.285. The second-order valence-electron chi connectivity index (χ2n) is 7.38. The summed E-state index contributed by atoms with van der Waals surface area (Å²) in [7, 11) is 0. The second kappa shape index (κ2) is 8.27. The summed E-state index contributed by atoms with van der Waals surface area (Å²) in [5.74, 6) is -0.253. The van der Waals surface area contributed by atoms with Crippen LogP contribution in [0, 0.1) is 13.8 Å². The summed E-state index contributed by atoms with van der Waals surface area (Å²) in [5, 5.41) is 12.0. The number of benzene rings is 1. The summed E-state index contributed by atoms with van der Waals surface area (Å²) < 4.78 is 5.37. The van der Waals surface area contributed by atoms with Crippen LogP contribution < -0.4 is 11.1 Å². The minimum absolute atomic E-state index is 0.152. The molecule has 9 heteroatoms. The molecule has 2 aromatic heterocycles. The van der Waals surface area contributed by atoms with Gasteiger partial charge in [-0.3, -0.25) is 4.79 Å². The number of ether oxygens (including phenoxy) is 1. The Morgan fingerprint density at radius 2 is 2.03 bits per heavy atom. The fourth-order valence-electron chi connectivity index (χ4n) is 3.51. The van der Waals surface area contributed by atoms with Crippen LogP contribution in [0.15, 0.2) is 30.3 Å². The number of nitrogens with zero attached hydrogens (tertiary/aromatic N) is 3. The van der Waals surface area contributed by atoms with E-state index < -0.39 is 0 Å². The van der Waals surface area contributed by atoms with Gasteiger partial charge in [0.15, 0.2) is 0 Å². The van der Waals surface area contributed by atoms with E-state index in [0.717, 1.165) is 22.2 Å². The Bertz CT molecular complexity index is 1100. The van der Waals surface area contributed by atoms with Crippen LogP contribution in [-0.2, 0) is 11.3 Å². The third kappa shape index (κ3) is 3.93. The van der Waals surface area contributed by atoms with Crippen LogP contribution in [0.5, 0.6) is 0 Å². The van der Waals surface area contributed by atoms with Crippen LogP contribution in [-0.4, -0.2) is 46.2 Å². The molecule has 1 aliphatic heterocycles. The zero-order valence-electron chi connectivity index (χ0n) is 16.8. The number of hydrogen-bond acceptors (Lipinski definition) is 7. The molecule has 1 atom stereocenters. The Balaban J connectivity index is 1.37. The number of aromatic nitrogens is 2. The molecule has 0 spiro atoms. The van der Waals surface area contributed by atoms with Crippen molar-refractivity contribution in [3.63, 3.8) is 0 Å². The molecule has 1 fully saturated rings. The first-order valence-corrected chi connectivity index (χ1v) is 10.5. The molecule has 3 N–H and O–H groups in total. The van der Waals surface area contributed by atoms with Gasteiger partial charge in [-0.05, 0) is 31.4 Å². The Labute approximate surface area is 178 Å². The highest BCUT2D eigenvalue weighted by Gasteiger charge is 2.30. The number of thiophene rings is 1. The molecular weight excluding hydrogens is 402 g/mol. The first-order valence-electron chi connectivity index (χ1n) is 9.72. The Hall–Kier alpha value is -3.20. The van der Waals surface area contributed by atoms with Crippen molar-refractivity contribution in [1.29, 1.82) is 0 Å². The SMILES string of the molecule is Cc1nnc2sc(C(=O)NC3CCN(C(=O)OCc4ccccc4)C3)c(N)c2c1C. The number of anilines is 1. The lowest BCUT2D eigenvalue weighted by Crippen LogP contribution is -2.38. The molecule has 3 heterocycles. The van der Waals surface area contributed by atoms with Gasteiger partial charge in [-0.2, -0.15) is 5.10 Å². The van der Waals surface area contributed by atoms with E-state index in [4.69, 9.17) is 10.5 Å². The number of likely N-dealkylation sites (tertiary alicyclic amines) is 1. The average molecular weight is 426 g/mol. The number of nitrogen functional groups attached to an aromatic ring is 1. The second-order valence-corrected chi connectivity index (χ2v) is 8.38. The van der Waals surface area contributed by atoms with E-state index in [1.165, 1.54) is 11.3 Å². The van der Waals surface area contributed by atoms with Crippen molar-refractivity contribution >= 4 is 39.2 Å². The molecule has 8 nitrogen and oxygen atoms in total. The fraction of sp³-hybridized carbons (Fsp3) is 0.333. The van der Waals surface area contributed by atoms with Gasteiger partial charge in [0, 0.05) is 24.5 Å². The van der Waals surface area contributed by atoms with Gasteiger partial charge in [-0.1, -0.05) is 30.3 Å². The number of carbonyl (C=O) groups excluding carboxylic acids is 2. The van der Waals surface area contributed by atoms with E-state index in [1.807, 2.05) is 44.2 Å². The van der Waals surface area contributed by atoms with Crippen molar-refractivity contribution in [3.8, 4) is 0 Å². The summed E-state index contributed by atoms with van der Waals surface area (Å²) in [4.78, 5) is 27.8. The molecule has 0 bridgehead atoms. The van der Waals surface area contributed by atoms with Crippen molar-refractivity contribution in [2.75, 3.05) is 18.8 Å². The molecule has 0 aliphatic carbocycles. The third-order valence-corrected chi connectivity index (χ3v) is 6.42. The Kier molecular flexibility index (Phi) is 5.54. The normalized spacial score (nSPS) is 16.1. The summed E-state index contributed by atoms with van der Waals surface area (Å²) in [6.45, 7) is 4.95. The van der Waals surface area contributed by atoms with Crippen LogP contribution in [0.2, 0.25) is 0 Å².